The van der Waals surface area contributed by atoms with Crippen LogP contribution in [0.1, 0.15) is 6.23 Å². The Morgan fingerprint density at radius 3 is 2.38 bits per heavy atom. The fourth-order valence-electron chi connectivity index (χ4n) is 2.17. The van der Waals surface area contributed by atoms with Crippen LogP contribution in [0.15, 0.2) is 17.1 Å². The second-order valence-corrected chi connectivity index (χ2v) is 10.3. The molecule has 166 valence electrons. The summed E-state index contributed by atoms with van der Waals surface area (Å²) in [6, 6.07) is 1.25. The van der Waals surface area contributed by atoms with Gasteiger partial charge in [-0.3, -0.25) is 14.1 Å². The van der Waals surface area contributed by atoms with Crippen molar-refractivity contribution in [3.8, 4) is 0 Å². The molecule has 1 fully saturated rings. The number of nitrogens with one attached hydrogen (secondary N) is 1. The predicted molar refractivity (Wildman–Crippen MR) is 90.5 cm³/mol. The Morgan fingerprint density at radius 2 is 1.83 bits per heavy atom. The molecule has 1 aromatic rings. The minimum atomic E-state index is -5.74. The van der Waals surface area contributed by atoms with Crippen LogP contribution in [0.3, 0.4) is 0 Å². The highest BCUT2D eigenvalue weighted by atomic mass is 32.1. The van der Waals surface area contributed by atoms with E-state index in [1.807, 2.05) is 0 Å². The second kappa shape index (κ2) is 8.85. The number of aliphatic hydroxyl groups excluding tert-OH is 1. The summed E-state index contributed by atoms with van der Waals surface area (Å²) in [6.07, 6.45) is -6.35. The van der Waals surface area contributed by atoms with Gasteiger partial charge in [0.1, 0.15) is 16.8 Å². The number of phosphoric acid groups is 3. The van der Waals surface area contributed by atoms with Crippen molar-refractivity contribution in [2.24, 2.45) is 0 Å². The molecule has 1 aliphatic rings. The summed E-state index contributed by atoms with van der Waals surface area (Å²) >= 11 is 4.73. The van der Waals surface area contributed by atoms with Crippen molar-refractivity contribution in [2.45, 2.75) is 24.6 Å². The molecule has 0 aromatic carbocycles. The summed E-state index contributed by atoms with van der Waals surface area (Å²) in [5, 5.41) is 9.91. The van der Waals surface area contributed by atoms with Crippen molar-refractivity contribution in [1.82, 2.24) is 9.55 Å². The number of aliphatic hydroxyl groups is 1. The molecule has 0 bridgehead atoms. The number of aromatic amines is 1. The maximum Gasteiger partial charge on any atom is 0.490 e. The lowest BCUT2D eigenvalue weighted by molar-refractivity contribution is -0.0530. The number of ether oxygens (including phenoxy) is 1. The van der Waals surface area contributed by atoms with Gasteiger partial charge in [-0.2, -0.15) is 8.62 Å². The van der Waals surface area contributed by atoms with E-state index in [9.17, 15) is 32.9 Å². The Labute approximate surface area is 165 Å². The van der Waals surface area contributed by atoms with Crippen molar-refractivity contribution in [1.29, 1.82) is 0 Å². The topological polar surface area (TPSA) is 227 Å². The Bertz CT molecular complexity index is 1010. The number of hydrogen-bond acceptors (Lipinski definition) is 10. The number of aromatic nitrogens is 2. The van der Waals surface area contributed by atoms with Gasteiger partial charge in [-0.25, -0.2) is 22.9 Å². The largest absolute Gasteiger partial charge is 0.490 e. The Kier molecular flexibility index (Phi) is 7.51. The van der Waals surface area contributed by atoms with Crippen LogP contribution in [-0.4, -0.2) is 59.2 Å². The van der Waals surface area contributed by atoms with E-state index in [0.29, 0.717) is 0 Å². The van der Waals surface area contributed by atoms with Gasteiger partial charge in [0.2, 0.25) is 0 Å². The molecule has 0 radical (unpaired) electrons. The lowest BCUT2D eigenvalue weighted by Gasteiger charge is -2.18. The molecular formula is C9H14FN2O13P3S. The average Bonchev–Trinajstić information content (AvgIpc) is 2.78. The maximum absolute atomic E-state index is 14.2. The lowest BCUT2D eigenvalue weighted by Crippen LogP contribution is -2.34. The summed E-state index contributed by atoms with van der Waals surface area (Å²) in [7, 11) is -16.8. The summed E-state index contributed by atoms with van der Waals surface area (Å²) in [6.45, 7) is -1.13. The zero-order valence-corrected chi connectivity index (χ0v) is 17.2. The number of alkyl halides is 1. The van der Waals surface area contributed by atoms with E-state index in [4.69, 9.17) is 31.6 Å². The first-order valence-corrected chi connectivity index (χ1v) is 12.1. The molecule has 6 N–H and O–H groups in total. The van der Waals surface area contributed by atoms with Gasteiger partial charge in [0.05, 0.1) is 6.61 Å². The van der Waals surface area contributed by atoms with Crippen LogP contribution < -0.4 is 5.69 Å². The maximum atomic E-state index is 14.2. The van der Waals surface area contributed by atoms with Crippen LogP contribution in [0, 0.1) is 4.64 Å². The Morgan fingerprint density at radius 1 is 1.21 bits per heavy atom. The number of phosphoric ester groups is 1. The highest BCUT2D eigenvalue weighted by Gasteiger charge is 2.47. The molecule has 2 rings (SSSR count). The van der Waals surface area contributed by atoms with Gasteiger partial charge >= 0.3 is 29.2 Å². The van der Waals surface area contributed by atoms with Gasteiger partial charge in [-0.05, 0) is 6.07 Å². The molecule has 1 saturated heterocycles. The van der Waals surface area contributed by atoms with Crippen molar-refractivity contribution in [2.75, 3.05) is 6.61 Å². The molecule has 20 heteroatoms. The van der Waals surface area contributed by atoms with E-state index in [-0.39, 0.29) is 4.64 Å². The van der Waals surface area contributed by atoms with Gasteiger partial charge < -0.3 is 29.4 Å². The van der Waals surface area contributed by atoms with Crippen molar-refractivity contribution in [3.63, 3.8) is 0 Å². The first-order valence-electron chi connectivity index (χ1n) is 7.18. The van der Waals surface area contributed by atoms with Crippen molar-refractivity contribution >= 4 is 35.7 Å². The van der Waals surface area contributed by atoms with Gasteiger partial charge in [-0.1, -0.05) is 12.2 Å². The molecule has 0 aliphatic carbocycles. The third-order valence-electron chi connectivity index (χ3n) is 3.23. The molecule has 0 saturated carbocycles. The smallest absolute Gasteiger partial charge is 0.385 e. The van der Waals surface area contributed by atoms with E-state index in [1.54, 1.807) is 0 Å². The van der Waals surface area contributed by atoms with Crippen molar-refractivity contribution in [3.05, 3.63) is 27.4 Å². The number of rotatable bonds is 8. The molecule has 2 unspecified atom stereocenters. The minimum absolute atomic E-state index is 0.0553. The highest BCUT2D eigenvalue weighted by molar-refractivity contribution is 7.71. The first kappa shape index (κ1) is 24.6. The minimum Gasteiger partial charge on any atom is -0.385 e. The number of nitrogens with zero attached hydrogens (tertiary/aromatic N) is 1. The summed E-state index contributed by atoms with van der Waals surface area (Å²) in [5.41, 5.74) is -0.845. The third kappa shape index (κ3) is 6.94. The Balaban J connectivity index is 2.06. The summed E-state index contributed by atoms with van der Waals surface area (Å²) in [4.78, 5) is 49.3. The fourth-order valence-corrected chi connectivity index (χ4v) is 5.35. The van der Waals surface area contributed by atoms with Crippen LogP contribution in [-0.2, 0) is 31.6 Å². The standard InChI is InChI=1S/C9H14FN2O13P3S/c10-6-4(3-22-27(18,19)25-28(20,21)24-26(15,16)17)23-8(7(6)13)12-2-1-5(29)11-9(12)14/h1-2,4,6-8,13H,3H2,(H,18,19)(H,20,21)(H,11,14,29)(H2,15,16,17)/t4-,6+,7+,8-/m1/s1. The summed E-state index contributed by atoms with van der Waals surface area (Å²) in [5.74, 6) is 0. The van der Waals surface area contributed by atoms with Gasteiger partial charge in [0.15, 0.2) is 12.4 Å². The van der Waals surface area contributed by atoms with Crippen molar-refractivity contribution < 1.29 is 60.6 Å². The fraction of sp³-hybridized carbons (Fsp3) is 0.556. The van der Waals surface area contributed by atoms with E-state index in [1.165, 1.54) is 6.07 Å². The zero-order chi connectivity index (χ0) is 22.2. The second-order valence-electron chi connectivity index (χ2n) is 5.40. The summed E-state index contributed by atoms with van der Waals surface area (Å²) < 4.78 is 64.7. The van der Waals surface area contributed by atoms with Gasteiger partial charge in [0, 0.05) is 6.20 Å². The molecule has 1 aromatic heterocycles. The molecule has 6 atom stereocenters. The first-order chi connectivity index (χ1) is 13.1. The van der Waals surface area contributed by atoms with Gasteiger partial charge in [-0.15, -0.1) is 0 Å². The van der Waals surface area contributed by atoms with E-state index >= 15 is 0 Å². The quantitative estimate of drug-likeness (QED) is 0.201. The monoisotopic (exact) mass is 502 g/mol. The zero-order valence-electron chi connectivity index (χ0n) is 13.7. The number of hydrogen-bond donors (Lipinski definition) is 6. The van der Waals surface area contributed by atoms with Gasteiger partial charge in [0.25, 0.3) is 0 Å². The molecule has 1 aliphatic heterocycles. The molecular weight excluding hydrogens is 488 g/mol. The SMILES string of the molecule is O=c1[nH]c(=S)ccn1[C@@H]1O[C@H](COP(=O)(O)OP(=O)(O)OP(=O)(O)O)[C@H](F)[C@@H]1O. The van der Waals surface area contributed by atoms with E-state index in [2.05, 4.69) is 18.1 Å². The Hall–Kier alpha value is -0.640. The van der Waals surface area contributed by atoms with E-state index < -0.39 is 60.4 Å². The third-order valence-corrected chi connectivity index (χ3v) is 7.27. The highest BCUT2D eigenvalue weighted by Crippen LogP contribution is 2.66. The molecule has 15 nitrogen and oxygen atoms in total. The van der Waals surface area contributed by atoms with Crippen LogP contribution in [0.4, 0.5) is 4.39 Å². The van der Waals surface area contributed by atoms with E-state index in [0.717, 1.165) is 10.8 Å². The number of H-pyrrole nitrogens is 1. The molecule has 0 amide bonds. The lowest BCUT2D eigenvalue weighted by atomic mass is 10.1. The average molecular weight is 502 g/mol. The van der Waals surface area contributed by atoms with Crippen LogP contribution in [0.2, 0.25) is 0 Å². The normalized spacial score (nSPS) is 29.3. The number of halogens is 1. The molecule has 29 heavy (non-hydrogen) atoms. The molecule has 0 spiro atoms. The molecule has 2 heterocycles. The predicted octanol–water partition coefficient (Wildman–Crippen LogP) is -0.154. The van der Waals surface area contributed by atoms with Crippen LogP contribution in [0.25, 0.3) is 0 Å². The van der Waals surface area contributed by atoms with Crippen LogP contribution >= 0.6 is 35.7 Å². The van der Waals surface area contributed by atoms with Crippen LogP contribution in [0.5, 0.6) is 0 Å².